The van der Waals surface area contributed by atoms with Crippen molar-refractivity contribution in [1.29, 1.82) is 0 Å². The molecule has 0 saturated carbocycles. The molecule has 2 nitrogen and oxygen atoms in total. The number of benzene rings is 1. The van der Waals surface area contributed by atoms with Crippen molar-refractivity contribution in [3.05, 3.63) is 35.4 Å². The number of ketones is 1. The van der Waals surface area contributed by atoms with Crippen LogP contribution < -0.4 is 5.32 Å². The predicted molar refractivity (Wildman–Crippen MR) is 54.7 cm³/mol. The Bertz CT molecular complexity index is 425. The first kappa shape index (κ1) is 8.83. The molecule has 0 saturated heterocycles. The van der Waals surface area contributed by atoms with Gasteiger partial charge in [0.1, 0.15) is 0 Å². The smallest absolute Gasteiger partial charge is 0.165 e. The van der Waals surface area contributed by atoms with E-state index in [0.29, 0.717) is 6.42 Å². The van der Waals surface area contributed by atoms with Gasteiger partial charge in [0, 0.05) is 18.0 Å². The van der Waals surface area contributed by atoms with Crippen LogP contribution in [0.15, 0.2) is 24.3 Å². The van der Waals surface area contributed by atoms with Gasteiger partial charge in [-0.25, -0.2) is 0 Å². The maximum absolute atomic E-state index is 11.6. The highest BCUT2D eigenvalue weighted by Crippen LogP contribution is 2.30. The van der Waals surface area contributed by atoms with Gasteiger partial charge in [0.15, 0.2) is 5.78 Å². The Morgan fingerprint density at radius 2 is 2.21 bits per heavy atom. The van der Waals surface area contributed by atoms with E-state index in [9.17, 15) is 4.79 Å². The summed E-state index contributed by atoms with van der Waals surface area (Å²) in [6.07, 6.45) is 0.522. The van der Waals surface area contributed by atoms with Crippen LogP contribution in [0.1, 0.15) is 35.3 Å². The summed E-state index contributed by atoms with van der Waals surface area (Å²) in [4.78, 5) is 11.6. The molecule has 14 heavy (non-hydrogen) atoms. The van der Waals surface area contributed by atoms with E-state index in [-0.39, 0.29) is 11.8 Å². The third kappa shape index (κ3) is 1.38. The number of hydrogen-bond acceptors (Lipinski definition) is 2. The lowest BCUT2D eigenvalue weighted by Gasteiger charge is -2.07. The summed E-state index contributed by atoms with van der Waals surface area (Å²) in [6.45, 7) is 1.77. The van der Waals surface area contributed by atoms with E-state index in [0.717, 1.165) is 11.1 Å². The number of nitrogens with one attached hydrogen (secondary N) is 1. The topological polar surface area (TPSA) is 29.1 Å². The lowest BCUT2D eigenvalue weighted by atomic mass is 10.1. The van der Waals surface area contributed by atoms with Crippen LogP contribution in [0.25, 0.3) is 0 Å². The van der Waals surface area contributed by atoms with Crippen LogP contribution in [0.5, 0.6) is 0 Å². The number of fused-ring (bicyclic) bond motifs is 1. The molecule has 1 aliphatic rings. The summed E-state index contributed by atoms with van der Waals surface area (Å²) in [5.41, 5.74) is 1.91. The molecule has 1 aromatic carbocycles. The highest BCUT2D eigenvalue weighted by molar-refractivity contribution is 6.01. The number of hydrogen-bond donors (Lipinski definition) is 1. The van der Waals surface area contributed by atoms with Gasteiger partial charge in [-0.15, -0.1) is 0 Å². The molecule has 0 heterocycles. The standard InChI is InChI=1S/C12H11NO/c1-2-7-13-11-8-12(14)10-6-4-3-5-9(10)11/h3-6,11,13H,8H2,1H3. The molecule has 1 N–H and O–H groups in total. The van der Waals surface area contributed by atoms with E-state index in [1.807, 2.05) is 24.3 Å². The fraction of sp³-hybridized carbons (Fsp3) is 0.250. The summed E-state index contributed by atoms with van der Waals surface area (Å²) in [7, 11) is 0. The van der Waals surface area contributed by atoms with Crippen molar-refractivity contribution in [2.45, 2.75) is 19.4 Å². The fourth-order valence-electron chi connectivity index (χ4n) is 1.75. The van der Waals surface area contributed by atoms with Crippen LogP contribution in [0, 0.1) is 12.0 Å². The van der Waals surface area contributed by atoms with Crippen molar-refractivity contribution in [3.8, 4) is 12.0 Å². The third-order valence-corrected chi connectivity index (χ3v) is 2.40. The van der Waals surface area contributed by atoms with Crippen LogP contribution in [0.4, 0.5) is 0 Å². The Morgan fingerprint density at radius 1 is 1.43 bits per heavy atom. The van der Waals surface area contributed by atoms with Crippen molar-refractivity contribution in [1.82, 2.24) is 5.32 Å². The van der Waals surface area contributed by atoms with Gasteiger partial charge in [-0.3, -0.25) is 4.79 Å². The average molecular weight is 185 g/mol. The van der Waals surface area contributed by atoms with E-state index in [4.69, 9.17) is 0 Å². The molecule has 0 spiro atoms. The maximum Gasteiger partial charge on any atom is 0.165 e. The Hall–Kier alpha value is -1.75. The second-order valence-corrected chi connectivity index (χ2v) is 3.29. The zero-order valence-electron chi connectivity index (χ0n) is 8.00. The molecule has 0 aliphatic heterocycles. The van der Waals surface area contributed by atoms with Crippen LogP contribution in [-0.2, 0) is 0 Å². The lowest BCUT2D eigenvalue weighted by molar-refractivity contribution is 0.0987. The maximum atomic E-state index is 11.6. The third-order valence-electron chi connectivity index (χ3n) is 2.40. The number of carbonyl (C=O) groups is 1. The summed E-state index contributed by atoms with van der Waals surface area (Å²) >= 11 is 0. The first-order valence-corrected chi connectivity index (χ1v) is 4.62. The molecule has 0 radical (unpaired) electrons. The van der Waals surface area contributed by atoms with Crippen LogP contribution >= 0.6 is 0 Å². The molecule has 1 aromatic rings. The van der Waals surface area contributed by atoms with Crippen molar-refractivity contribution in [2.75, 3.05) is 0 Å². The van der Waals surface area contributed by atoms with Crippen molar-refractivity contribution < 1.29 is 4.79 Å². The van der Waals surface area contributed by atoms with Gasteiger partial charge in [0.05, 0.1) is 6.04 Å². The van der Waals surface area contributed by atoms with Crippen molar-refractivity contribution in [3.63, 3.8) is 0 Å². The second-order valence-electron chi connectivity index (χ2n) is 3.29. The SMILES string of the molecule is CC#CNC1CC(=O)c2ccccc21. The molecule has 1 atom stereocenters. The molecule has 0 amide bonds. The normalized spacial score (nSPS) is 18.4. The number of Topliss-reactive ketones (excluding diaryl/α,β-unsaturated/α-hetero) is 1. The predicted octanol–water partition coefficient (Wildman–Crippen LogP) is 1.88. The lowest BCUT2D eigenvalue weighted by Crippen LogP contribution is -2.12. The summed E-state index contributed by atoms with van der Waals surface area (Å²) in [6, 6.07) is 10.6. The van der Waals surface area contributed by atoms with E-state index >= 15 is 0 Å². The van der Waals surface area contributed by atoms with Crippen LogP contribution in [0.3, 0.4) is 0 Å². The van der Waals surface area contributed by atoms with Gasteiger partial charge in [0.25, 0.3) is 0 Å². The highest BCUT2D eigenvalue weighted by atomic mass is 16.1. The first-order valence-electron chi connectivity index (χ1n) is 4.62. The summed E-state index contributed by atoms with van der Waals surface area (Å²) in [5.74, 6) is 2.97. The fourth-order valence-corrected chi connectivity index (χ4v) is 1.75. The van der Waals surface area contributed by atoms with Gasteiger partial charge in [-0.1, -0.05) is 30.2 Å². The molecule has 0 bridgehead atoms. The Balaban J connectivity index is 2.32. The van der Waals surface area contributed by atoms with E-state index in [1.165, 1.54) is 0 Å². The van der Waals surface area contributed by atoms with Crippen LogP contribution in [0.2, 0.25) is 0 Å². The largest absolute Gasteiger partial charge is 0.338 e. The molecular formula is C12H11NO. The second kappa shape index (κ2) is 3.55. The van der Waals surface area contributed by atoms with E-state index < -0.39 is 0 Å². The quantitative estimate of drug-likeness (QED) is 0.534. The van der Waals surface area contributed by atoms with Gasteiger partial charge in [0.2, 0.25) is 0 Å². The zero-order valence-corrected chi connectivity index (χ0v) is 8.00. The van der Waals surface area contributed by atoms with Crippen molar-refractivity contribution in [2.24, 2.45) is 0 Å². The molecule has 1 unspecified atom stereocenters. The Labute approximate surface area is 83.3 Å². The first-order chi connectivity index (χ1) is 6.83. The zero-order chi connectivity index (χ0) is 9.97. The minimum absolute atomic E-state index is 0.0751. The van der Waals surface area contributed by atoms with E-state index in [1.54, 1.807) is 6.92 Å². The minimum Gasteiger partial charge on any atom is -0.338 e. The van der Waals surface area contributed by atoms with E-state index in [2.05, 4.69) is 17.3 Å². The number of rotatable bonds is 1. The summed E-state index contributed by atoms with van der Waals surface area (Å²) in [5, 5.41) is 3.04. The van der Waals surface area contributed by atoms with Gasteiger partial charge < -0.3 is 5.32 Å². The Kier molecular flexibility index (Phi) is 2.24. The Morgan fingerprint density at radius 3 is 3.00 bits per heavy atom. The molecule has 70 valence electrons. The van der Waals surface area contributed by atoms with Crippen LogP contribution in [-0.4, -0.2) is 5.78 Å². The molecule has 2 rings (SSSR count). The minimum atomic E-state index is 0.0751. The molecule has 1 aliphatic carbocycles. The van der Waals surface area contributed by atoms with Gasteiger partial charge in [-0.05, 0) is 12.5 Å². The molecular weight excluding hydrogens is 174 g/mol. The van der Waals surface area contributed by atoms with Gasteiger partial charge >= 0.3 is 0 Å². The summed E-state index contributed by atoms with van der Waals surface area (Å²) < 4.78 is 0. The average Bonchev–Trinajstić information content (AvgIpc) is 2.54. The molecule has 0 aromatic heterocycles. The number of carbonyl (C=O) groups excluding carboxylic acids is 1. The van der Waals surface area contributed by atoms with Gasteiger partial charge in [-0.2, -0.15) is 0 Å². The monoisotopic (exact) mass is 185 g/mol. The van der Waals surface area contributed by atoms with Crippen molar-refractivity contribution >= 4 is 5.78 Å². The highest BCUT2D eigenvalue weighted by Gasteiger charge is 2.27. The molecule has 2 heteroatoms. The molecule has 0 fully saturated rings.